The summed E-state index contributed by atoms with van der Waals surface area (Å²) in [5.41, 5.74) is 6.32. The van der Waals surface area contributed by atoms with Crippen molar-refractivity contribution in [3.05, 3.63) is 34.1 Å². The molecule has 0 saturated heterocycles. The maximum absolute atomic E-state index is 12.8. The van der Waals surface area contributed by atoms with Crippen molar-refractivity contribution in [2.24, 2.45) is 5.73 Å². The first-order valence-corrected chi connectivity index (χ1v) is 5.25. The van der Waals surface area contributed by atoms with E-state index >= 15 is 0 Å². The lowest BCUT2D eigenvalue weighted by Gasteiger charge is -2.03. The second-order valence-corrected chi connectivity index (χ2v) is 3.75. The number of hydrogen-bond donors (Lipinski definition) is 1. The number of hydrogen-bond acceptors (Lipinski definition) is 2. The third-order valence-electron chi connectivity index (χ3n) is 1.78. The van der Waals surface area contributed by atoms with Gasteiger partial charge in [-0.15, -0.1) is 0 Å². The fraction of sp³-hybridized carbons (Fsp3) is 0.400. The smallest absolute Gasteiger partial charge is 0.137 e. The van der Waals surface area contributed by atoms with Crippen molar-refractivity contribution in [3.63, 3.8) is 0 Å². The zero-order valence-electron chi connectivity index (χ0n) is 7.80. The zero-order valence-corrected chi connectivity index (χ0v) is 9.39. The van der Waals surface area contributed by atoms with Crippen LogP contribution in [0.4, 0.5) is 4.39 Å². The van der Waals surface area contributed by atoms with Gasteiger partial charge < -0.3 is 10.5 Å². The van der Waals surface area contributed by atoms with Crippen LogP contribution in [0.5, 0.6) is 0 Å². The number of rotatable bonds is 5. The number of nitrogens with two attached hydrogens (primary N) is 1. The molecule has 4 heteroatoms. The van der Waals surface area contributed by atoms with E-state index in [4.69, 9.17) is 10.5 Å². The highest BCUT2D eigenvalue weighted by Crippen LogP contribution is 2.16. The van der Waals surface area contributed by atoms with E-state index in [1.165, 1.54) is 6.07 Å². The minimum atomic E-state index is -0.239. The van der Waals surface area contributed by atoms with Crippen LogP contribution in [0.3, 0.4) is 0 Å². The molecular formula is C10H13BrFNO. The molecule has 0 saturated carbocycles. The molecule has 1 aromatic carbocycles. The fourth-order valence-electron chi connectivity index (χ4n) is 1.07. The first-order valence-electron chi connectivity index (χ1n) is 4.46. The van der Waals surface area contributed by atoms with Crippen molar-refractivity contribution in [2.75, 3.05) is 19.8 Å². The van der Waals surface area contributed by atoms with Gasteiger partial charge in [-0.3, -0.25) is 0 Å². The molecule has 0 aliphatic rings. The van der Waals surface area contributed by atoms with Crippen LogP contribution in [-0.2, 0) is 11.2 Å². The minimum absolute atomic E-state index is 0.239. The summed E-state index contributed by atoms with van der Waals surface area (Å²) < 4.78 is 18.6. The third-order valence-corrected chi connectivity index (χ3v) is 2.39. The van der Waals surface area contributed by atoms with E-state index in [2.05, 4.69) is 15.9 Å². The van der Waals surface area contributed by atoms with Crippen molar-refractivity contribution >= 4 is 15.9 Å². The van der Waals surface area contributed by atoms with Crippen molar-refractivity contribution in [1.82, 2.24) is 0 Å². The monoisotopic (exact) mass is 261 g/mol. The van der Waals surface area contributed by atoms with E-state index in [0.29, 0.717) is 24.2 Å². The highest BCUT2D eigenvalue weighted by molar-refractivity contribution is 9.10. The van der Waals surface area contributed by atoms with Crippen LogP contribution in [0.1, 0.15) is 5.56 Å². The van der Waals surface area contributed by atoms with Crippen LogP contribution < -0.4 is 5.73 Å². The molecule has 2 N–H and O–H groups in total. The second kappa shape index (κ2) is 6.11. The van der Waals surface area contributed by atoms with Gasteiger partial charge in [-0.2, -0.15) is 0 Å². The van der Waals surface area contributed by atoms with Crippen LogP contribution >= 0.6 is 15.9 Å². The van der Waals surface area contributed by atoms with Gasteiger partial charge >= 0.3 is 0 Å². The number of ether oxygens (including phenoxy) is 1. The summed E-state index contributed by atoms with van der Waals surface area (Å²) in [6.45, 7) is 1.73. The zero-order chi connectivity index (χ0) is 10.4. The Morgan fingerprint density at radius 2 is 2.14 bits per heavy atom. The molecule has 0 atom stereocenters. The second-order valence-electron chi connectivity index (χ2n) is 2.90. The Balaban J connectivity index is 2.39. The van der Waals surface area contributed by atoms with Gasteiger partial charge in [0.15, 0.2) is 0 Å². The van der Waals surface area contributed by atoms with Crippen molar-refractivity contribution in [1.29, 1.82) is 0 Å². The maximum atomic E-state index is 12.8. The molecule has 0 aromatic heterocycles. The Morgan fingerprint density at radius 1 is 1.36 bits per heavy atom. The topological polar surface area (TPSA) is 35.2 Å². The summed E-state index contributed by atoms with van der Waals surface area (Å²) >= 11 is 3.13. The van der Waals surface area contributed by atoms with E-state index in [9.17, 15) is 4.39 Å². The molecule has 0 radical (unpaired) electrons. The molecule has 0 spiro atoms. The SMILES string of the molecule is NCCOCCc1ccc(F)c(Br)c1. The van der Waals surface area contributed by atoms with E-state index in [-0.39, 0.29) is 5.82 Å². The summed E-state index contributed by atoms with van der Waals surface area (Å²) in [7, 11) is 0. The van der Waals surface area contributed by atoms with Crippen LogP contribution in [-0.4, -0.2) is 19.8 Å². The van der Waals surface area contributed by atoms with Gasteiger partial charge in [0.25, 0.3) is 0 Å². The molecule has 0 unspecified atom stereocenters. The molecule has 0 heterocycles. The lowest BCUT2D eigenvalue weighted by molar-refractivity contribution is 0.144. The average Bonchev–Trinajstić information content (AvgIpc) is 2.18. The first kappa shape index (κ1) is 11.6. The van der Waals surface area contributed by atoms with Crippen LogP contribution in [0.15, 0.2) is 22.7 Å². The van der Waals surface area contributed by atoms with Crippen molar-refractivity contribution < 1.29 is 9.13 Å². The van der Waals surface area contributed by atoms with Gasteiger partial charge in [0.05, 0.1) is 17.7 Å². The normalized spacial score (nSPS) is 10.5. The Kier molecular flexibility index (Phi) is 5.07. The van der Waals surface area contributed by atoms with Crippen LogP contribution in [0, 0.1) is 5.82 Å². The van der Waals surface area contributed by atoms with Gasteiger partial charge in [0.2, 0.25) is 0 Å². The highest BCUT2D eigenvalue weighted by atomic mass is 79.9. The molecule has 0 amide bonds. The third kappa shape index (κ3) is 3.74. The predicted molar refractivity (Wildman–Crippen MR) is 57.7 cm³/mol. The van der Waals surface area contributed by atoms with Crippen molar-refractivity contribution in [2.45, 2.75) is 6.42 Å². The van der Waals surface area contributed by atoms with Gasteiger partial charge in [-0.1, -0.05) is 6.07 Å². The molecule has 0 aliphatic carbocycles. The summed E-state index contributed by atoms with van der Waals surface area (Å²) in [5, 5.41) is 0. The standard InChI is InChI=1S/C10H13BrFNO/c11-9-7-8(1-2-10(9)12)3-5-14-6-4-13/h1-2,7H,3-6,13H2. The molecule has 14 heavy (non-hydrogen) atoms. The van der Waals surface area contributed by atoms with Crippen LogP contribution in [0.25, 0.3) is 0 Å². The Labute approximate surface area is 91.4 Å². The van der Waals surface area contributed by atoms with Gasteiger partial charge in [0.1, 0.15) is 5.82 Å². The fourth-order valence-corrected chi connectivity index (χ4v) is 1.50. The Morgan fingerprint density at radius 3 is 2.79 bits per heavy atom. The Hall–Kier alpha value is -0.450. The molecule has 0 aliphatic heterocycles. The van der Waals surface area contributed by atoms with Crippen LogP contribution in [0.2, 0.25) is 0 Å². The summed E-state index contributed by atoms with van der Waals surface area (Å²) in [6, 6.07) is 4.97. The molecule has 2 nitrogen and oxygen atoms in total. The highest BCUT2D eigenvalue weighted by Gasteiger charge is 1.99. The summed E-state index contributed by atoms with van der Waals surface area (Å²) in [4.78, 5) is 0. The van der Waals surface area contributed by atoms with E-state index in [0.717, 1.165) is 12.0 Å². The molecule has 0 bridgehead atoms. The average molecular weight is 262 g/mol. The molecule has 78 valence electrons. The molecule has 0 fully saturated rings. The first-order chi connectivity index (χ1) is 6.74. The van der Waals surface area contributed by atoms with Crippen molar-refractivity contribution in [3.8, 4) is 0 Å². The lowest BCUT2D eigenvalue weighted by Crippen LogP contribution is -2.10. The largest absolute Gasteiger partial charge is 0.380 e. The number of benzene rings is 1. The van der Waals surface area contributed by atoms with Gasteiger partial charge in [-0.25, -0.2) is 4.39 Å². The van der Waals surface area contributed by atoms with Gasteiger partial charge in [-0.05, 0) is 40.0 Å². The minimum Gasteiger partial charge on any atom is -0.380 e. The summed E-state index contributed by atoms with van der Waals surface area (Å²) in [6.07, 6.45) is 0.777. The molecular weight excluding hydrogens is 249 g/mol. The van der Waals surface area contributed by atoms with E-state index < -0.39 is 0 Å². The molecule has 1 rings (SSSR count). The quantitative estimate of drug-likeness (QED) is 0.825. The summed E-state index contributed by atoms with van der Waals surface area (Å²) in [5.74, 6) is -0.239. The lowest BCUT2D eigenvalue weighted by atomic mass is 10.2. The van der Waals surface area contributed by atoms with E-state index in [1.54, 1.807) is 12.1 Å². The molecule has 1 aromatic rings. The van der Waals surface area contributed by atoms with E-state index in [1.807, 2.05) is 0 Å². The predicted octanol–water partition coefficient (Wildman–Crippen LogP) is 2.11. The van der Waals surface area contributed by atoms with Gasteiger partial charge in [0, 0.05) is 6.54 Å². The Bertz CT molecular complexity index is 293. The maximum Gasteiger partial charge on any atom is 0.137 e. The number of halogens is 2.